The van der Waals surface area contributed by atoms with Gasteiger partial charge < -0.3 is 9.80 Å². The van der Waals surface area contributed by atoms with Crippen LogP contribution in [-0.2, 0) is 6.42 Å². The lowest BCUT2D eigenvalue weighted by molar-refractivity contribution is 0.456. The summed E-state index contributed by atoms with van der Waals surface area (Å²) in [5.74, 6) is 0.713. The summed E-state index contributed by atoms with van der Waals surface area (Å²) in [7, 11) is 0. The number of rotatable bonds is 5. The van der Waals surface area contributed by atoms with Gasteiger partial charge in [-0.05, 0) is 25.3 Å². The van der Waals surface area contributed by atoms with Gasteiger partial charge in [0, 0.05) is 26.2 Å². The maximum Gasteiger partial charge on any atom is 0.193 e. The number of hydrogen-bond acceptors (Lipinski definition) is 1. The molecule has 0 radical (unpaired) electrons. The van der Waals surface area contributed by atoms with Gasteiger partial charge in [0.15, 0.2) is 5.96 Å². The molecule has 0 amide bonds. The van der Waals surface area contributed by atoms with Gasteiger partial charge in [-0.25, -0.2) is 0 Å². The van der Waals surface area contributed by atoms with Gasteiger partial charge in [-0.2, -0.15) is 0 Å². The maximum atomic E-state index is 8.13. The van der Waals surface area contributed by atoms with Gasteiger partial charge in [-0.15, -0.1) is 0 Å². The Labute approximate surface area is 110 Å². The van der Waals surface area contributed by atoms with E-state index in [9.17, 15) is 0 Å². The van der Waals surface area contributed by atoms with E-state index in [1.54, 1.807) is 0 Å². The van der Waals surface area contributed by atoms with E-state index < -0.39 is 0 Å². The van der Waals surface area contributed by atoms with Crippen LogP contribution in [0.25, 0.3) is 0 Å². The topological polar surface area (TPSA) is 30.3 Å². The minimum Gasteiger partial charge on any atom is -0.341 e. The average molecular weight is 245 g/mol. The average Bonchev–Trinajstić information content (AvgIpc) is 2.69. The summed E-state index contributed by atoms with van der Waals surface area (Å²) in [6, 6.07) is 8.66. The standard InChI is InChI=1S/C15H23N3/c1-3-8-17-10-11-18(15(17)16)9-7-14-6-4-5-13(2)12-14/h4-6,12,16H,3,7-11H2,1-2H3. The van der Waals surface area contributed by atoms with Crippen molar-refractivity contribution in [1.29, 1.82) is 5.41 Å². The van der Waals surface area contributed by atoms with Gasteiger partial charge in [0.25, 0.3) is 0 Å². The first kappa shape index (κ1) is 12.9. The summed E-state index contributed by atoms with van der Waals surface area (Å²) in [5.41, 5.74) is 2.69. The first-order chi connectivity index (χ1) is 8.70. The fourth-order valence-corrected chi connectivity index (χ4v) is 2.49. The molecule has 1 aliphatic rings. The highest BCUT2D eigenvalue weighted by molar-refractivity contribution is 5.78. The summed E-state index contributed by atoms with van der Waals surface area (Å²) >= 11 is 0. The highest BCUT2D eigenvalue weighted by atomic mass is 15.4. The van der Waals surface area contributed by atoms with Crippen molar-refractivity contribution >= 4 is 5.96 Å². The van der Waals surface area contributed by atoms with Crippen molar-refractivity contribution in [2.45, 2.75) is 26.7 Å². The van der Waals surface area contributed by atoms with Crippen LogP contribution in [0.3, 0.4) is 0 Å². The van der Waals surface area contributed by atoms with E-state index in [1.165, 1.54) is 11.1 Å². The van der Waals surface area contributed by atoms with Gasteiger partial charge in [-0.3, -0.25) is 5.41 Å². The Hall–Kier alpha value is -1.51. The Bertz CT molecular complexity index is 414. The Balaban J connectivity index is 1.86. The molecule has 0 aromatic heterocycles. The van der Waals surface area contributed by atoms with E-state index in [4.69, 9.17) is 5.41 Å². The molecule has 0 atom stereocenters. The molecule has 0 bridgehead atoms. The first-order valence-corrected chi connectivity index (χ1v) is 6.84. The molecule has 18 heavy (non-hydrogen) atoms. The molecule has 1 heterocycles. The van der Waals surface area contributed by atoms with Crippen LogP contribution >= 0.6 is 0 Å². The summed E-state index contributed by atoms with van der Waals surface area (Å²) in [4.78, 5) is 4.37. The quantitative estimate of drug-likeness (QED) is 0.864. The van der Waals surface area contributed by atoms with Crippen LogP contribution in [0.15, 0.2) is 24.3 Å². The molecule has 1 aliphatic heterocycles. The van der Waals surface area contributed by atoms with E-state index in [2.05, 4.69) is 47.9 Å². The van der Waals surface area contributed by atoms with Crippen LogP contribution in [0, 0.1) is 12.3 Å². The van der Waals surface area contributed by atoms with Crippen molar-refractivity contribution in [3.63, 3.8) is 0 Å². The molecule has 0 saturated carbocycles. The van der Waals surface area contributed by atoms with Crippen LogP contribution in [0.5, 0.6) is 0 Å². The van der Waals surface area contributed by atoms with E-state index in [1.807, 2.05) is 0 Å². The summed E-state index contributed by atoms with van der Waals surface area (Å²) in [6.45, 7) is 8.29. The Morgan fingerprint density at radius 2 is 1.89 bits per heavy atom. The molecular formula is C15H23N3. The molecule has 0 unspecified atom stereocenters. The lowest BCUT2D eigenvalue weighted by Gasteiger charge is -2.21. The Kier molecular flexibility index (Phi) is 4.24. The first-order valence-electron chi connectivity index (χ1n) is 6.84. The molecule has 2 rings (SSSR count). The second-order valence-corrected chi connectivity index (χ2v) is 5.04. The van der Waals surface area contributed by atoms with Crippen molar-refractivity contribution in [2.24, 2.45) is 0 Å². The van der Waals surface area contributed by atoms with E-state index in [0.29, 0.717) is 5.96 Å². The zero-order chi connectivity index (χ0) is 13.0. The normalized spacial score (nSPS) is 15.6. The largest absolute Gasteiger partial charge is 0.341 e. The molecule has 1 aromatic rings. The Morgan fingerprint density at radius 1 is 1.17 bits per heavy atom. The van der Waals surface area contributed by atoms with Crippen LogP contribution in [-0.4, -0.2) is 41.9 Å². The van der Waals surface area contributed by atoms with Crippen molar-refractivity contribution in [3.05, 3.63) is 35.4 Å². The van der Waals surface area contributed by atoms with Crippen molar-refractivity contribution in [1.82, 2.24) is 9.80 Å². The monoisotopic (exact) mass is 245 g/mol. The van der Waals surface area contributed by atoms with Gasteiger partial charge in [0.1, 0.15) is 0 Å². The SMILES string of the molecule is CCCN1CCN(CCc2cccc(C)c2)C1=N. The lowest BCUT2D eigenvalue weighted by Crippen LogP contribution is -2.34. The minimum atomic E-state index is 0.713. The molecule has 1 saturated heterocycles. The summed E-state index contributed by atoms with van der Waals surface area (Å²) in [6.07, 6.45) is 2.15. The van der Waals surface area contributed by atoms with Gasteiger partial charge >= 0.3 is 0 Å². The second kappa shape index (κ2) is 5.89. The summed E-state index contributed by atoms with van der Waals surface area (Å²) in [5, 5.41) is 8.13. The second-order valence-electron chi connectivity index (χ2n) is 5.04. The van der Waals surface area contributed by atoms with E-state index in [-0.39, 0.29) is 0 Å². The summed E-state index contributed by atoms with van der Waals surface area (Å²) < 4.78 is 0. The highest BCUT2D eigenvalue weighted by Gasteiger charge is 2.23. The van der Waals surface area contributed by atoms with Crippen molar-refractivity contribution in [3.8, 4) is 0 Å². The predicted molar refractivity (Wildman–Crippen MR) is 76.0 cm³/mol. The van der Waals surface area contributed by atoms with E-state index in [0.717, 1.165) is 39.0 Å². The molecule has 0 spiro atoms. The zero-order valence-electron chi connectivity index (χ0n) is 11.4. The minimum absolute atomic E-state index is 0.713. The van der Waals surface area contributed by atoms with Gasteiger partial charge in [0.2, 0.25) is 0 Å². The van der Waals surface area contributed by atoms with Crippen molar-refractivity contribution < 1.29 is 0 Å². The fourth-order valence-electron chi connectivity index (χ4n) is 2.49. The third-order valence-corrected chi connectivity index (χ3v) is 3.49. The maximum absolute atomic E-state index is 8.13. The van der Waals surface area contributed by atoms with Crippen LogP contribution < -0.4 is 0 Å². The Morgan fingerprint density at radius 3 is 2.56 bits per heavy atom. The lowest BCUT2D eigenvalue weighted by atomic mass is 10.1. The molecule has 0 aliphatic carbocycles. The number of hydrogen-bond donors (Lipinski definition) is 1. The molecule has 98 valence electrons. The van der Waals surface area contributed by atoms with Gasteiger partial charge in [-0.1, -0.05) is 36.8 Å². The third-order valence-electron chi connectivity index (χ3n) is 3.49. The predicted octanol–water partition coefficient (Wildman–Crippen LogP) is 2.50. The number of nitrogens with one attached hydrogen (secondary N) is 1. The molecule has 1 fully saturated rings. The number of aryl methyl sites for hydroxylation is 1. The number of guanidine groups is 1. The van der Waals surface area contributed by atoms with Gasteiger partial charge in [0.05, 0.1) is 0 Å². The van der Waals surface area contributed by atoms with Crippen LogP contribution in [0.4, 0.5) is 0 Å². The van der Waals surface area contributed by atoms with Crippen LogP contribution in [0.1, 0.15) is 24.5 Å². The molecule has 1 N–H and O–H groups in total. The number of nitrogens with zero attached hydrogens (tertiary/aromatic N) is 2. The zero-order valence-corrected chi connectivity index (χ0v) is 11.4. The molecule has 3 heteroatoms. The molecule has 3 nitrogen and oxygen atoms in total. The number of benzene rings is 1. The molecule has 1 aromatic carbocycles. The highest BCUT2D eigenvalue weighted by Crippen LogP contribution is 2.11. The van der Waals surface area contributed by atoms with E-state index >= 15 is 0 Å². The van der Waals surface area contributed by atoms with Crippen LogP contribution in [0.2, 0.25) is 0 Å². The van der Waals surface area contributed by atoms with Crippen molar-refractivity contribution in [2.75, 3.05) is 26.2 Å². The third kappa shape index (κ3) is 3.03. The smallest absolute Gasteiger partial charge is 0.193 e. The molecular weight excluding hydrogens is 222 g/mol. The fraction of sp³-hybridized carbons (Fsp3) is 0.533.